The average Bonchev–Trinajstić information content (AvgIpc) is 2.80. The van der Waals surface area contributed by atoms with Crippen LogP contribution >= 0.6 is 0 Å². The number of amidine groups is 1. The lowest BCUT2D eigenvalue weighted by Crippen LogP contribution is -2.48. The molecule has 0 aliphatic heterocycles. The van der Waals surface area contributed by atoms with E-state index in [0.29, 0.717) is 0 Å². The van der Waals surface area contributed by atoms with Gasteiger partial charge < -0.3 is 21.6 Å². The summed E-state index contributed by atoms with van der Waals surface area (Å²) in [7, 11) is 0. The summed E-state index contributed by atoms with van der Waals surface area (Å²) < 4.78 is 5.11. The maximum atomic E-state index is 11.4. The van der Waals surface area contributed by atoms with Crippen LogP contribution in [0.2, 0.25) is 0 Å². The highest BCUT2D eigenvalue weighted by atomic mass is 16.6. The number of hydrazone groups is 1. The van der Waals surface area contributed by atoms with Gasteiger partial charge in [-0.3, -0.25) is 0 Å². The third-order valence-electron chi connectivity index (χ3n) is 2.12. The van der Waals surface area contributed by atoms with E-state index >= 15 is 0 Å². The fraction of sp³-hybridized carbons (Fsp3) is 0.778. The Morgan fingerprint density at radius 1 is 1.47 bits per heavy atom. The Bertz CT molecular complexity index is 289. The molecule has 86 valence electrons. The van der Waals surface area contributed by atoms with Crippen LogP contribution in [0.5, 0.6) is 0 Å². The standard InChI is InChI=1S/C9H18N4O2/c1-8(2,3)15-7(14)12-9(4-5-9)6(10)13-11/h4-5,11H2,1-3H3,(H2,10,13)(H,12,14). The molecule has 15 heavy (non-hydrogen) atoms. The summed E-state index contributed by atoms with van der Waals surface area (Å²) >= 11 is 0. The van der Waals surface area contributed by atoms with Crippen LogP contribution in [0.1, 0.15) is 33.6 Å². The van der Waals surface area contributed by atoms with Gasteiger partial charge in [0.2, 0.25) is 0 Å². The van der Waals surface area contributed by atoms with Crippen LogP contribution in [0.4, 0.5) is 4.79 Å². The van der Waals surface area contributed by atoms with Gasteiger partial charge in [-0.1, -0.05) is 0 Å². The number of nitrogens with zero attached hydrogens (tertiary/aromatic N) is 1. The van der Waals surface area contributed by atoms with Crippen LogP contribution in [0.3, 0.4) is 0 Å². The first-order valence-corrected chi connectivity index (χ1v) is 4.84. The van der Waals surface area contributed by atoms with E-state index in [1.54, 1.807) is 20.8 Å². The molecule has 1 saturated carbocycles. The van der Waals surface area contributed by atoms with Gasteiger partial charge in [0.05, 0.1) is 0 Å². The minimum absolute atomic E-state index is 0.244. The molecule has 0 unspecified atom stereocenters. The molecule has 1 aliphatic carbocycles. The maximum absolute atomic E-state index is 11.4. The SMILES string of the molecule is CC(C)(C)OC(=O)NC1(/C(N)=N\N)CC1. The van der Waals surface area contributed by atoms with Crippen molar-refractivity contribution < 1.29 is 9.53 Å². The molecule has 0 heterocycles. The van der Waals surface area contributed by atoms with E-state index in [1.807, 2.05) is 0 Å². The van der Waals surface area contributed by atoms with Crippen molar-refractivity contribution in [2.24, 2.45) is 16.7 Å². The van der Waals surface area contributed by atoms with Crippen molar-refractivity contribution in [1.29, 1.82) is 0 Å². The average molecular weight is 214 g/mol. The molecule has 0 spiro atoms. The van der Waals surface area contributed by atoms with E-state index in [9.17, 15) is 4.79 Å². The van der Waals surface area contributed by atoms with Crippen LogP contribution in [0.15, 0.2) is 5.10 Å². The van der Waals surface area contributed by atoms with E-state index in [4.69, 9.17) is 16.3 Å². The number of nitrogens with two attached hydrogens (primary N) is 2. The molecule has 1 fully saturated rings. The number of hydrogen-bond donors (Lipinski definition) is 3. The highest BCUT2D eigenvalue weighted by Gasteiger charge is 2.49. The Labute approximate surface area is 89.0 Å². The van der Waals surface area contributed by atoms with Crippen LogP contribution in [-0.4, -0.2) is 23.1 Å². The Hall–Kier alpha value is -1.46. The predicted molar refractivity (Wildman–Crippen MR) is 57.1 cm³/mol. The zero-order valence-electron chi connectivity index (χ0n) is 9.33. The fourth-order valence-corrected chi connectivity index (χ4v) is 1.19. The zero-order chi connectivity index (χ0) is 11.7. The van der Waals surface area contributed by atoms with Crippen molar-refractivity contribution in [3.8, 4) is 0 Å². The van der Waals surface area contributed by atoms with Gasteiger partial charge in [-0.2, -0.15) is 5.10 Å². The summed E-state index contributed by atoms with van der Waals surface area (Å²) in [5.41, 5.74) is 4.49. The largest absolute Gasteiger partial charge is 0.444 e. The van der Waals surface area contributed by atoms with Crippen molar-refractivity contribution in [3.05, 3.63) is 0 Å². The maximum Gasteiger partial charge on any atom is 0.408 e. The molecule has 6 nitrogen and oxygen atoms in total. The number of nitrogens with one attached hydrogen (secondary N) is 1. The summed E-state index contributed by atoms with van der Waals surface area (Å²) in [6.07, 6.45) is 1.00. The smallest absolute Gasteiger partial charge is 0.408 e. The van der Waals surface area contributed by atoms with Crippen LogP contribution < -0.4 is 16.9 Å². The van der Waals surface area contributed by atoms with E-state index in [2.05, 4.69) is 10.4 Å². The van der Waals surface area contributed by atoms with Crippen LogP contribution in [-0.2, 0) is 4.74 Å². The molecular weight excluding hydrogens is 196 g/mol. The number of ether oxygens (including phenoxy) is 1. The number of alkyl carbamates (subject to hydrolysis) is 1. The number of hydrogen-bond acceptors (Lipinski definition) is 4. The van der Waals surface area contributed by atoms with Crippen molar-refractivity contribution in [1.82, 2.24) is 5.32 Å². The van der Waals surface area contributed by atoms with Crippen LogP contribution in [0.25, 0.3) is 0 Å². The molecule has 0 aromatic carbocycles. The lowest BCUT2D eigenvalue weighted by molar-refractivity contribution is 0.0512. The van der Waals surface area contributed by atoms with Crippen molar-refractivity contribution in [2.45, 2.75) is 44.8 Å². The minimum atomic E-state index is -0.572. The normalized spacial score (nSPS) is 19.5. The molecule has 0 aromatic rings. The second-order valence-electron chi connectivity index (χ2n) is 4.72. The van der Waals surface area contributed by atoms with Gasteiger partial charge in [0.25, 0.3) is 0 Å². The first-order chi connectivity index (χ1) is 6.79. The molecule has 1 rings (SSSR count). The van der Waals surface area contributed by atoms with Gasteiger partial charge in [-0.25, -0.2) is 4.79 Å². The second-order valence-corrected chi connectivity index (χ2v) is 4.72. The first-order valence-electron chi connectivity index (χ1n) is 4.84. The lowest BCUT2D eigenvalue weighted by atomic mass is 10.2. The Balaban J connectivity index is 2.53. The summed E-state index contributed by atoms with van der Waals surface area (Å²) in [4.78, 5) is 11.4. The molecule has 0 aromatic heterocycles. The first kappa shape index (κ1) is 11.6. The van der Waals surface area contributed by atoms with E-state index in [0.717, 1.165) is 12.8 Å². The monoisotopic (exact) mass is 214 g/mol. The van der Waals surface area contributed by atoms with Crippen molar-refractivity contribution in [2.75, 3.05) is 0 Å². The Morgan fingerprint density at radius 3 is 2.33 bits per heavy atom. The molecule has 0 saturated heterocycles. The van der Waals surface area contributed by atoms with Gasteiger partial charge in [-0.05, 0) is 33.6 Å². The highest BCUT2D eigenvalue weighted by molar-refractivity contribution is 5.95. The second kappa shape index (κ2) is 3.60. The van der Waals surface area contributed by atoms with E-state index < -0.39 is 17.2 Å². The summed E-state index contributed by atoms with van der Waals surface area (Å²) in [5, 5.41) is 6.07. The van der Waals surface area contributed by atoms with Gasteiger partial charge >= 0.3 is 6.09 Å². The highest BCUT2D eigenvalue weighted by Crippen LogP contribution is 2.35. The summed E-state index contributed by atoms with van der Waals surface area (Å²) in [6, 6.07) is 0. The van der Waals surface area contributed by atoms with Crippen LogP contribution in [0, 0.1) is 0 Å². The Kier molecular flexibility index (Phi) is 2.79. The zero-order valence-corrected chi connectivity index (χ0v) is 9.33. The molecule has 1 aliphatic rings. The molecule has 6 heteroatoms. The van der Waals surface area contributed by atoms with E-state index in [-0.39, 0.29) is 5.84 Å². The lowest BCUT2D eigenvalue weighted by Gasteiger charge is -2.22. The number of amides is 1. The number of carbonyl (C=O) groups excluding carboxylic acids is 1. The van der Waals surface area contributed by atoms with Gasteiger partial charge in [0.1, 0.15) is 17.0 Å². The van der Waals surface area contributed by atoms with Gasteiger partial charge in [0.15, 0.2) is 0 Å². The Morgan fingerprint density at radius 2 is 2.00 bits per heavy atom. The molecule has 1 amide bonds. The van der Waals surface area contributed by atoms with Gasteiger partial charge in [0, 0.05) is 0 Å². The topological polar surface area (TPSA) is 103 Å². The van der Waals surface area contributed by atoms with E-state index in [1.165, 1.54) is 0 Å². The minimum Gasteiger partial charge on any atom is -0.444 e. The quantitative estimate of drug-likeness (QED) is 0.266. The molecule has 0 atom stereocenters. The molecule has 0 bridgehead atoms. The predicted octanol–water partition coefficient (Wildman–Crippen LogP) is 0.275. The summed E-state index contributed by atoms with van der Waals surface area (Å²) in [5.74, 6) is 5.32. The fourth-order valence-electron chi connectivity index (χ4n) is 1.19. The summed E-state index contributed by atoms with van der Waals surface area (Å²) in [6.45, 7) is 5.39. The third kappa shape index (κ3) is 3.00. The molecule has 0 radical (unpaired) electrons. The molecule has 5 N–H and O–H groups in total. The van der Waals surface area contributed by atoms with Crippen molar-refractivity contribution in [3.63, 3.8) is 0 Å². The number of rotatable bonds is 2. The van der Waals surface area contributed by atoms with Gasteiger partial charge in [-0.15, -0.1) is 0 Å². The molecular formula is C9H18N4O2. The third-order valence-corrected chi connectivity index (χ3v) is 2.12. The number of carbonyl (C=O) groups is 1. The van der Waals surface area contributed by atoms with Crippen molar-refractivity contribution >= 4 is 11.9 Å².